The number of benzene rings is 1. The van der Waals surface area contributed by atoms with Crippen molar-refractivity contribution in [2.24, 2.45) is 11.8 Å². The number of fused-ring (bicyclic) bond motifs is 1. The summed E-state index contributed by atoms with van der Waals surface area (Å²) in [6.45, 7) is 5.96. The Morgan fingerprint density at radius 3 is 3.09 bits per heavy atom. The molecule has 0 radical (unpaired) electrons. The molecule has 3 nitrogen and oxygen atoms in total. The molecular weight excluding hydrogens is 272 g/mol. The van der Waals surface area contributed by atoms with Gasteiger partial charge in [-0.05, 0) is 43.4 Å². The quantitative estimate of drug-likeness (QED) is 0.676. The molecule has 1 aromatic heterocycles. The monoisotopic (exact) mass is 294 g/mol. The van der Waals surface area contributed by atoms with Crippen LogP contribution < -0.4 is 5.32 Å². The van der Waals surface area contributed by atoms with Gasteiger partial charge in [0.25, 0.3) is 0 Å². The Hall–Kier alpha value is -2.00. The fraction of sp³-hybridized carbons (Fsp3) is 0.368. The second-order valence-electron chi connectivity index (χ2n) is 5.99. The molecule has 3 rings (SSSR count). The van der Waals surface area contributed by atoms with Gasteiger partial charge in [0.15, 0.2) is 5.78 Å². The van der Waals surface area contributed by atoms with E-state index in [1.54, 1.807) is 6.20 Å². The minimum atomic E-state index is 0.222. The van der Waals surface area contributed by atoms with Crippen LogP contribution in [0.25, 0.3) is 10.9 Å². The molecule has 2 aromatic rings. The molecule has 1 saturated heterocycles. The second kappa shape index (κ2) is 6.84. The van der Waals surface area contributed by atoms with Gasteiger partial charge in [0.05, 0.1) is 5.52 Å². The van der Waals surface area contributed by atoms with Crippen LogP contribution >= 0.6 is 0 Å². The Labute approximate surface area is 131 Å². The van der Waals surface area contributed by atoms with Crippen molar-refractivity contribution >= 4 is 16.7 Å². The summed E-state index contributed by atoms with van der Waals surface area (Å²) in [5.74, 6) is 1.27. The molecule has 22 heavy (non-hydrogen) atoms. The Morgan fingerprint density at radius 1 is 1.36 bits per heavy atom. The van der Waals surface area contributed by atoms with Crippen molar-refractivity contribution < 1.29 is 4.79 Å². The fourth-order valence-electron chi connectivity index (χ4n) is 3.36. The molecule has 0 saturated carbocycles. The lowest BCUT2D eigenvalue weighted by Gasteiger charge is -2.29. The number of pyridine rings is 1. The number of hydrogen-bond acceptors (Lipinski definition) is 3. The van der Waals surface area contributed by atoms with Crippen LogP contribution in [0.15, 0.2) is 49.2 Å². The number of piperidine rings is 1. The molecule has 3 heteroatoms. The molecule has 1 N–H and O–H groups in total. The summed E-state index contributed by atoms with van der Waals surface area (Å²) in [5, 5.41) is 4.35. The molecule has 1 aliphatic rings. The summed E-state index contributed by atoms with van der Waals surface area (Å²) in [7, 11) is 0. The highest BCUT2D eigenvalue weighted by Gasteiger charge is 2.23. The average Bonchev–Trinajstić information content (AvgIpc) is 2.59. The first-order valence-corrected chi connectivity index (χ1v) is 8.00. The zero-order chi connectivity index (χ0) is 15.4. The summed E-state index contributed by atoms with van der Waals surface area (Å²) in [6.07, 6.45) is 6.42. The van der Waals surface area contributed by atoms with Crippen LogP contribution in [0.5, 0.6) is 0 Å². The molecule has 0 amide bonds. The molecule has 1 fully saturated rings. The van der Waals surface area contributed by atoms with Gasteiger partial charge in [-0.3, -0.25) is 9.78 Å². The molecule has 2 atom stereocenters. The number of carbonyl (C=O) groups is 1. The highest BCUT2D eigenvalue weighted by Crippen LogP contribution is 2.26. The Balaban J connectivity index is 1.72. The topological polar surface area (TPSA) is 42.0 Å². The van der Waals surface area contributed by atoms with Gasteiger partial charge in [-0.15, -0.1) is 6.58 Å². The summed E-state index contributed by atoms with van der Waals surface area (Å²) in [6, 6.07) is 9.69. The molecule has 0 bridgehead atoms. The summed E-state index contributed by atoms with van der Waals surface area (Å²) in [4.78, 5) is 17.0. The van der Waals surface area contributed by atoms with Gasteiger partial charge in [0.1, 0.15) is 0 Å². The fourth-order valence-corrected chi connectivity index (χ4v) is 3.36. The highest BCUT2D eigenvalue weighted by atomic mass is 16.1. The van der Waals surface area contributed by atoms with Crippen LogP contribution in [0.3, 0.4) is 0 Å². The van der Waals surface area contributed by atoms with Gasteiger partial charge in [-0.25, -0.2) is 0 Å². The summed E-state index contributed by atoms with van der Waals surface area (Å²) in [5.41, 5.74) is 1.69. The van der Waals surface area contributed by atoms with E-state index in [4.69, 9.17) is 0 Å². The van der Waals surface area contributed by atoms with Crippen molar-refractivity contribution in [3.63, 3.8) is 0 Å². The molecule has 0 unspecified atom stereocenters. The van der Waals surface area contributed by atoms with Gasteiger partial charge in [0.2, 0.25) is 0 Å². The Morgan fingerprint density at radius 2 is 2.23 bits per heavy atom. The van der Waals surface area contributed by atoms with E-state index in [9.17, 15) is 4.79 Å². The second-order valence-corrected chi connectivity index (χ2v) is 5.99. The van der Waals surface area contributed by atoms with Crippen molar-refractivity contribution in [2.75, 3.05) is 13.1 Å². The van der Waals surface area contributed by atoms with E-state index in [0.717, 1.165) is 42.4 Å². The molecule has 2 heterocycles. The number of para-hydroxylation sites is 1. The predicted octanol–water partition coefficient (Wildman–Crippen LogP) is 3.61. The SMILES string of the molecule is C=C[C@@H]1CNCC[C@@H]1CCC(=O)c1ccnc2ccccc12. The molecule has 114 valence electrons. The number of nitrogens with zero attached hydrogens (tertiary/aromatic N) is 1. The molecular formula is C19H22N2O. The molecule has 1 aliphatic heterocycles. The number of ketones is 1. The van der Waals surface area contributed by atoms with Gasteiger partial charge >= 0.3 is 0 Å². The number of carbonyl (C=O) groups excluding carboxylic acids is 1. The lowest BCUT2D eigenvalue weighted by molar-refractivity contribution is 0.0968. The van der Waals surface area contributed by atoms with Gasteiger partial charge in [-0.2, -0.15) is 0 Å². The van der Waals surface area contributed by atoms with Crippen molar-refractivity contribution in [1.29, 1.82) is 0 Å². The average molecular weight is 294 g/mol. The third kappa shape index (κ3) is 3.09. The number of hydrogen-bond donors (Lipinski definition) is 1. The first-order chi connectivity index (χ1) is 10.8. The van der Waals surface area contributed by atoms with Crippen LogP contribution in [0.1, 0.15) is 29.6 Å². The van der Waals surface area contributed by atoms with E-state index in [2.05, 4.69) is 16.9 Å². The minimum Gasteiger partial charge on any atom is -0.316 e. The number of nitrogens with one attached hydrogen (secondary N) is 1. The zero-order valence-corrected chi connectivity index (χ0v) is 12.8. The third-order valence-electron chi connectivity index (χ3n) is 4.67. The summed E-state index contributed by atoms with van der Waals surface area (Å²) < 4.78 is 0. The maximum absolute atomic E-state index is 12.6. The van der Waals surface area contributed by atoms with E-state index < -0.39 is 0 Å². The maximum atomic E-state index is 12.6. The first-order valence-electron chi connectivity index (χ1n) is 8.00. The minimum absolute atomic E-state index is 0.222. The zero-order valence-electron chi connectivity index (χ0n) is 12.8. The van der Waals surface area contributed by atoms with E-state index in [-0.39, 0.29) is 5.78 Å². The normalized spacial score (nSPS) is 21.6. The van der Waals surface area contributed by atoms with E-state index in [1.165, 1.54) is 0 Å². The molecule has 1 aromatic carbocycles. The lowest BCUT2D eigenvalue weighted by Crippen LogP contribution is -2.35. The van der Waals surface area contributed by atoms with Gasteiger partial charge in [-0.1, -0.05) is 24.3 Å². The molecule has 0 spiro atoms. The van der Waals surface area contributed by atoms with E-state index in [0.29, 0.717) is 18.3 Å². The van der Waals surface area contributed by atoms with Crippen LogP contribution in [0, 0.1) is 11.8 Å². The van der Waals surface area contributed by atoms with Crippen LogP contribution in [0.4, 0.5) is 0 Å². The third-order valence-corrected chi connectivity index (χ3v) is 4.67. The highest BCUT2D eigenvalue weighted by molar-refractivity contribution is 6.07. The van der Waals surface area contributed by atoms with E-state index >= 15 is 0 Å². The molecule has 0 aliphatic carbocycles. The largest absolute Gasteiger partial charge is 0.316 e. The maximum Gasteiger partial charge on any atom is 0.163 e. The Kier molecular flexibility index (Phi) is 4.64. The number of Topliss-reactive ketones (excluding diaryl/α,β-unsaturated/α-hetero) is 1. The van der Waals surface area contributed by atoms with Crippen LogP contribution in [-0.4, -0.2) is 23.9 Å². The number of rotatable bonds is 5. The van der Waals surface area contributed by atoms with Crippen molar-refractivity contribution in [3.8, 4) is 0 Å². The summed E-state index contributed by atoms with van der Waals surface area (Å²) >= 11 is 0. The van der Waals surface area contributed by atoms with Gasteiger partial charge in [0, 0.05) is 30.1 Å². The van der Waals surface area contributed by atoms with Crippen LogP contribution in [0.2, 0.25) is 0 Å². The number of aromatic nitrogens is 1. The van der Waals surface area contributed by atoms with Crippen LogP contribution in [-0.2, 0) is 0 Å². The van der Waals surface area contributed by atoms with E-state index in [1.807, 2.05) is 36.4 Å². The predicted molar refractivity (Wildman–Crippen MR) is 90.0 cm³/mol. The first kappa shape index (κ1) is 14.9. The van der Waals surface area contributed by atoms with Crippen molar-refractivity contribution in [2.45, 2.75) is 19.3 Å². The van der Waals surface area contributed by atoms with Crippen molar-refractivity contribution in [3.05, 3.63) is 54.7 Å². The van der Waals surface area contributed by atoms with Crippen molar-refractivity contribution in [1.82, 2.24) is 10.3 Å². The Bertz CT molecular complexity index is 675. The smallest absolute Gasteiger partial charge is 0.163 e. The standard InChI is InChI=1S/C19H22N2O/c1-2-14-13-20-11-9-15(14)7-8-19(22)17-10-12-21-18-6-4-3-5-16(17)18/h2-6,10,12,14-15,20H,1,7-9,11,13H2/t14-,15+/m1/s1. The lowest BCUT2D eigenvalue weighted by atomic mass is 9.82. The van der Waals surface area contributed by atoms with Gasteiger partial charge < -0.3 is 5.32 Å².